The number of alkyl halides is 3. The van der Waals surface area contributed by atoms with Gasteiger partial charge in [-0.25, -0.2) is 0 Å². The van der Waals surface area contributed by atoms with Gasteiger partial charge in [0.2, 0.25) is 11.8 Å². The van der Waals surface area contributed by atoms with Crippen molar-refractivity contribution in [1.82, 2.24) is 10.6 Å². The summed E-state index contributed by atoms with van der Waals surface area (Å²) in [6, 6.07) is 13.2. The van der Waals surface area contributed by atoms with Crippen LogP contribution in [0, 0.1) is 0 Å². The third-order valence-electron chi connectivity index (χ3n) is 4.79. The maximum absolute atomic E-state index is 12.3. The molecule has 3 rings (SSSR count). The molecule has 0 bridgehead atoms. The zero-order valence-electron chi connectivity index (χ0n) is 15.7. The lowest BCUT2D eigenvalue weighted by Crippen LogP contribution is -2.49. The number of carboxylic acid groups (broad SMARTS) is 1. The average molecular weight is 419 g/mol. The van der Waals surface area contributed by atoms with Gasteiger partial charge in [-0.3, -0.25) is 9.59 Å². The zero-order chi connectivity index (χ0) is 21.9. The Bertz CT molecular complexity index is 967. The third-order valence-corrected chi connectivity index (χ3v) is 4.79. The maximum atomic E-state index is 12.3. The van der Waals surface area contributed by atoms with Crippen LogP contribution in [0.2, 0.25) is 0 Å². The predicted molar refractivity (Wildman–Crippen MR) is 98.8 cm³/mol. The second-order valence-electron chi connectivity index (χ2n) is 7.13. The van der Waals surface area contributed by atoms with Crippen molar-refractivity contribution >= 4 is 17.8 Å². The minimum absolute atomic E-state index is 0.0591. The highest BCUT2D eigenvalue weighted by molar-refractivity contribution is 5.95. The Morgan fingerprint density at radius 3 is 2.20 bits per heavy atom. The van der Waals surface area contributed by atoms with Crippen LogP contribution in [0.5, 0.6) is 0 Å². The molecule has 2 aromatic carbocycles. The van der Waals surface area contributed by atoms with Crippen molar-refractivity contribution in [3.05, 3.63) is 59.7 Å². The lowest BCUT2D eigenvalue weighted by molar-refractivity contribution is -0.255. The molecule has 1 saturated carbocycles. The number of hydrogen-bond donors (Lipinski definition) is 2. The van der Waals surface area contributed by atoms with Gasteiger partial charge in [0.25, 0.3) is 0 Å². The Kier molecular flexibility index (Phi) is 5.82. The number of amides is 2. The molecule has 30 heavy (non-hydrogen) atoms. The number of rotatable bonds is 7. The van der Waals surface area contributed by atoms with Crippen LogP contribution in [-0.4, -0.2) is 29.5 Å². The molecule has 0 unspecified atom stereocenters. The van der Waals surface area contributed by atoms with E-state index >= 15 is 0 Å². The SMILES string of the molecule is O=C(CC(F)(F)F)NC1(C(=O)NCc2ccc(-c3ccccc3C(=O)[O-])cc2)CC1. The van der Waals surface area contributed by atoms with Crippen molar-refractivity contribution in [2.75, 3.05) is 0 Å². The van der Waals surface area contributed by atoms with Crippen LogP contribution in [0.25, 0.3) is 11.1 Å². The molecule has 0 radical (unpaired) electrons. The summed E-state index contributed by atoms with van der Waals surface area (Å²) in [5.41, 5.74) is 0.634. The first-order valence-electron chi connectivity index (χ1n) is 9.15. The van der Waals surface area contributed by atoms with Gasteiger partial charge in [0.1, 0.15) is 12.0 Å². The molecule has 0 aromatic heterocycles. The normalized spacial score (nSPS) is 14.6. The Morgan fingerprint density at radius 1 is 1.00 bits per heavy atom. The molecular formula is C21H18F3N2O4-. The van der Waals surface area contributed by atoms with E-state index in [0.717, 1.165) is 0 Å². The second kappa shape index (κ2) is 8.17. The van der Waals surface area contributed by atoms with Crippen molar-refractivity contribution in [3.63, 3.8) is 0 Å². The molecule has 158 valence electrons. The van der Waals surface area contributed by atoms with E-state index in [1.807, 2.05) is 0 Å². The summed E-state index contributed by atoms with van der Waals surface area (Å²) >= 11 is 0. The summed E-state index contributed by atoms with van der Waals surface area (Å²) in [4.78, 5) is 35.1. The summed E-state index contributed by atoms with van der Waals surface area (Å²) in [6.07, 6.45) is -5.70. The van der Waals surface area contributed by atoms with Crippen molar-refractivity contribution < 1.29 is 32.7 Å². The first kappa shape index (κ1) is 21.4. The van der Waals surface area contributed by atoms with Gasteiger partial charge >= 0.3 is 6.18 Å². The highest BCUT2D eigenvalue weighted by atomic mass is 19.4. The fraction of sp³-hybridized carbons (Fsp3) is 0.286. The summed E-state index contributed by atoms with van der Waals surface area (Å²) in [5, 5.41) is 16.0. The number of halogens is 3. The van der Waals surface area contributed by atoms with Crippen molar-refractivity contribution in [2.45, 2.75) is 37.5 Å². The van der Waals surface area contributed by atoms with Gasteiger partial charge in [0.15, 0.2) is 0 Å². The fourth-order valence-corrected chi connectivity index (χ4v) is 3.09. The Labute approximate surface area is 170 Å². The van der Waals surface area contributed by atoms with Gasteiger partial charge in [-0.15, -0.1) is 0 Å². The van der Waals surface area contributed by atoms with Crippen LogP contribution in [0.15, 0.2) is 48.5 Å². The molecular weight excluding hydrogens is 401 g/mol. The summed E-state index contributed by atoms with van der Waals surface area (Å²) in [5.74, 6) is -3.06. The fourth-order valence-electron chi connectivity index (χ4n) is 3.09. The molecule has 1 fully saturated rings. The van der Waals surface area contributed by atoms with Gasteiger partial charge in [0, 0.05) is 12.1 Å². The largest absolute Gasteiger partial charge is 0.545 e. The third kappa shape index (κ3) is 5.16. The predicted octanol–water partition coefficient (Wildman–Crippen LogP) is 1.93. The molecule has 2 amide bonds. The van der Waals surface area contributed by atoms with Gasteiger partial charge in [-0.2, -0.15) is 13.2 Å². The molecule has 1 aliphatic carbocycles. The number of carboxylic acids is 1. The first-order valence-corrected chi connectivity index (χ1v) is 9.15. The molecule has 0 aliphatic heterocycles. The second-order valence-corrected chi connectivity index (χ2v) is 7.13. The van der Waals surface area contributed by atoms with Gasteiger partial charge in [0.05, 0.1) is 5.97 Å². The van der Waals surface area contributed by atoms with E-state index in [1.54, 1.807) is 42.5 Å². The van der Waals surface area contributed by atoms with Crippen molar-refractivity contribution in [1.29, 1.82) is 0 Å². The molecule has 0 saturated heterocycles. The Hall–Kier alpha value is -3.36. The Morgan fingerprint density at radius 2 is 1.63 bits per heavy atom. The molecule has 2 aromatic rings. The number of aromatic carboxylic acids is 1. The lowest BCUT2D eigenvalue weighted by Gasteiger charge is -2.18. The zero-order valence-corrected chi connectivity index (χ0v) is 15.7. The number of nitrogens with one attached hydrogen (secondary N) is 2. The quantitative estimate of drug-likeness (QED) is 0.717. The van der Waals surface area contributed by atoms with Gasteiger partial charge in [-0.1, -0.05) is 48.5 Å². The van der Waals surface area contributed by atoms with Crippen LogP contribution in [0.1, 0.15) is 35.2 Å². The van der Waals surface area contributed by atoms with E-state index in [9.17, 15) is 32.7 Å². The van der Waals surface area contributed by atoms with E-state index in [2.05, 4.69) is 10.6 Å². The number of hydrogen-bond acceptors (Lipinski definition) is 4. The monoisotopic (exact) mass is 419 g/mol. The average Bonchev–Trinajstić information content (AvgIpc) is 3.45. The molecule has 6 nitrogen and oxygen atoms in total. The Balaban J connectivity index is 1.60. The maximum Gasteiger partial charge on any atom is 0.397 e. The molecule has 0 atom stereocenters. The summed E-state index contributed by atoms with van der Waals surface area (Å²) < 4.78 is 36.9. The molecule has 0 spiro atoms. The minimum atomic E-state index is -4.63. The van der Waals surface area contributed by atoms with Crippen LogP contribution in [0.3, 0.4) is 0 Å². The molecule has 2 N–H and O–H groups in total. The van der Waals surface area contributed by atoms with Crippen molar-refractivity contribution in [2.24, 2.45) is 0 Å². The van der Waals surface area contributed by atoms with Crippen LogP contribution >= 0.6 is 0 Å². The van der Waals surface area contributed by atoms with Crippen LogP contribution in [-0.2, 0) is 16.1 Å². The lowest BCUT2D eigenvalue weighted by atomic mass is 9.99. The van der Waals surface area contributed by atoms with E-state index in [0.29, 0.717) is 16.7 Å². The molecule has 9 heteroatoms. The minimum Gasteiger partial charge on any atom is -0.545 e. The first-order chi connectivity index (χ1) is 14.1. The van der Waals surface area contributed by atoms with Crippen LogP contribution < -0.4 is 15.7 Å². The smallest absolute Gasteiger partial charge is 0.397 e. The number of carbonyl (C=O) groups excluding carboxylic acids is 3. The summed E-state index contributed by atoms with van der Waals surface area (Å²) in [6.45, 7) is 0.109. The van der Waals surface area contributed by atoms with Gasteiger partial charge in [-0.05, 0) is 29.5 Å². The highest BCUT2D eigenvalue weighted by Crippen LogP contribution is 2.36. The number of benzene rings is 2. The standard InChI is InChI=1S/C21H19F3N2O4/c22-21(23,24)11-17(27)26-20(9-10-20)19(30)25-12-13-5-7-14(8-6-13)15-3-1-2-4-16(15)18(28)29/h1-8H,9-12H2,(H,25,30)(H,26,27)(H,28,29)/p-1. The van der Waals surface area contributed by atoms with Gasteiger partial charge < -0.3 is 20.5 Å². The number of carbonyl (C=O) groups is 3. The van der Waals surface area contributed by atoms with E-state index in [-0.39, 0.29) is 24.9 Å². The van der Waals surface area contributed by atoms with Crippen molar-refractivity contribution in [3.8, 4) is 11.1 Å². The molecule has 0 heterocycles. The van der Waals surface area contributed by atoms with E-state index in [4.69, 9.17) is 0 Å². The van der Waals surface area contributed by atoms with Crippen LogP contribution in [0.4, 0.5) is 13.2 Å². The van der Waals surface area contributed by atoms with E-state index < -0.39 is 35.9 Å². The topological polar surface area (TPSA) is 98.3 Å². The highest BCUT2D eigenvalue weighted by Gasteiger charge is 2.51. The van der Waals surface area contributed by atoms with E-state index in [1.165, 1.54) is 6.07 Å². The molecule has 1 aliphatic rings. The summed E-state index contributed by atoms with van der Waals surface area (Å²) in [7, 11) is 0.